The van der Waals surface area contributed by atoms with E-state index in [0.717, 1.165) is 38.3 Å². The second kappa shape index (κ2) is 10.0. The molecule has 1 N–H and O–H groups in total. The Bertz CT molecular complexity index is 779. The van der Waals surface area contributed by atoms with Gasteiger partial charge in [0.15, 0.2) is 12.4 Å². The lowest BCUT2D eigenvalue weighted by Crippen LogP contribution is -2.44. The van der Waals surface area contributed by atoms with E-state index in [1.54, 1.807) is 0 Å². The normalized spacial score (nSPS) is 20.9. The zero-order valence-electron chi connectivity index (χ0n) is 16.6. The van der Waals surface area contributed by atoms with Crippen molar-refractivity contribution in [2.45, 2.75) is 24.8 Å². The van der Waals surface area contributed by atoms with Crippen LogP contribution in [0.5, 0.6) is 5.75 Å². The SMILES string of the molecule is CN1CCNCC1c1noc(C2CCN(C(=O)COc3ccccc3)CC2)n1.Cl. The van der Waals surface area contributed by atoms with Crippen LogP contribution in [0.2, 0.25) is 0 Å². The second-order valence-electron chi connectivity index (χ2n) is 7.45. The smallest absolute Gasteiger partial charge is 0.260 e. The van der Waals surface area contributed by atoms with E-state index >= 15 is 0 Å². The number of rotatable bonds is 5. The van der Waals surface area contributed by atoms with Crippen molar-refractivity contribution >= 4 is 18.3 Å². The predicted octanol–water partition coefficient (Wildman–Crippen LogP) is 1.85. The van der Waals surface area contributed by atoms with E-state index in [9.17, 15) is 4.79 Å². The van der Waals surface area contributed by atoms with Gasteiger partial charge >= 0.3 is 0 Å². The zero-order valence-corrected chi connectivity index (χ0v) is 17.4. The van der Waals surface area contributed by atoms with Crippen molar-refractivity contribution in [3.63, 3.8) is 0 Å². The van der Waals surface area contributed by atoms with Gasteiger partial charge in [0.2, 0.25) is 5.89 Å². The Morgan fingerprint density at radius 3 is 2.72 bits per heavy atom. The number of hydrogen-bond donors (Lipinski definition) is 1. The maximum atomic E-state index is 12.4. The molecular formula is C20H28ClN5O3. The third kappa shape index (κ3) is 5.26. The molecule has 0 bridgehead atoms. The van der Waals surface area contributed by atoms with Gasteiger partial charge in [0.05, 0.1) is 6.04 Å². The maximum Gasteiger partial charge on any atom is 0.260 e. The Hall–Kier alpha value is -2.16. The fourth-order valence-electron chi connectivity index (χ4n) is 3.77. The molecule has 8 nitrogen and oxygen atoms in total. The Morgan fingerprint density at radius 2 is 2.00 bits per heavy atom. The van der Waals surface area contributed by atoms with Crippen molar-refractivity contribution in [2.24, 2.45) is 0 Å². The summed E-state index contributed by atoms with van der Waals surface area (Å²) in [6.07, 6.45) is 1.66. The topological polar surface area (TPSA) is 83.7 Å². The van der Waals surface area contributed by atoms with E-state index in [-0.39, 0.29) is 36.9 Å². The summed E-state index contributed by atoms with van der Waals surface area (Å²) >= 11 is 0. The quantitative estimate of drug-likeness (QED) is 0.788. The fourth-order valence-corrected chi connectivity index (χ4v) is 3.77. The minimum atomic E-state index is 0. The summed E-state index contributed by atoms with van der Waals surface area (Å²) in [6.45, 7) is 4.23. The van der Waals surface area contributed by atoms with Gasteiger partial charge in [-0.1, -0.05) is 23.4 Å². The summed E-state index contributed by atoms with van der Waals surface area (Å²) in [5, 5.41) is 7.59. The summed E-state index contributed by atoms with van der Waals surface area (Å²) in [5.41, 5.74) is 0. The number of halogens is 1. The van der Waals surface area contributed by atoms with E-state index < -0.39 is 0 Å². The first-order valence-electron chi connectivity index (χ1n) is 9.91. The molecule has 1 amide bonds. The van der Waals surface area contributed by atoms with E-state index in [1.165, 1.54) is 0 Å². The number of likely N-dealkylation sites (N-methyl/N-ethyl adjacent to an activating group) is 1. The first kappa shape index (κ1) is 21.5. The van der Waals surface area contributed by atoms with Crippen LogP contribution in [0.3, 0.4) is 0 Å². The van der Waals surface area contributed by atoms with Gasteiger partial charge < -0.3 is 19.5 Å². The molecule has 1 aromatic carbocycles. The largest absolute Gasteiger partial charge is 0.484 e. The molecule has 1 aromatic heterocycles. The third-order valence-electron chi connectivity index (χ3n) is 5.57. The lowest BCUT2D eigenvalue weighted by atomic mass is 9.96. The monoisotopic (exact) mass is 421 g/mol. The number of hydrogen-bond acceptors (Lipinski definition) is 7. The van der Waals surface area contributed by atoms with Crippen molar-refractivity contribution in [1.82, 2.24) is 25.3 Å². The lowest BCUT2D eigenvalue weighted by molar-refractivity contribution is -0.134. The van der Waals surface area contributed by atoms with Crippen LogP contribution in [-0.4, -0.2) is 72.2 Å². The maximum absolute atomic E-state index is 12.4. The number of nitrogens with zero attached hydrogens (tertiary/aromatic N) is 4. The minimum absolute atomic E-state index is 0. The van der Waals surface area contributed by atoms with Crippen LogP contribution in [0.4, 0.5) is 0 Å². The highest BCUT2D eigenvalue weighted by Gasteiger charge is 2.30. The Balaban J connectivity index is 0.00000240. The summed E-state index contributed by atoms with van der Waals surface area (Å²) in [6, 6.07) is 9.57. The van der Waals surface area contributed by atoms with E-state index in [4.69, 9.17) is 9.26 Å². The van der Waals surface area contributed by atoms with E-state index in [2.05, 4.69) is 27.4 Å². The highest BCUT2D eigenvalue weighted by molar-refractivity contribution is 5.85. The minimum Gasteiger partial charge on any atom is -0.484 e. The zero-order chi connectivity index (χ0) is 19.3. The standard InChI is InChI=1S/C20H27N5O3.ClH/c1-24-12-9-21-13-17(24)19-22-20(28-23-19)15-7-10-25(11-8-15)18(26)14-27-16-5-3-2-4-6-16;/h2-6,15,17,21H,7-14H2,1H3;1H. The number of para-hydroxylation sites is 1. The third-order valence-corrected chi connectivity index (χ3v) is 5.57. The molecule has 9 heteroatoms. The molecule has 0 spiro atoms. The molecule has 2 fully saturated rings. The highest BCUT2D eigenvalue weighted by atomic mass is 35.5. The average molecular weight is 422 g/mol. The molecule has 1 atom stereocenters. The van der Waals surface area contributed by atoms with Crippen LogP contribution in [0.25, 0.3) is 0 Å². The van der Waals surface area contributed by atoms with Gasteiger partial charge in [-0.15, -0.1) is 12.4 Å². The van der Waals surface area contributed by atoms with E-state index in [1.807, 2.05) is 35.2 Å². The summed E-state index contributed by atoms with van der Waals surface area (Å²) in [4.78, 5) is 21.2. The Labute approximate surface area is 177 Å². The van der Waals surface area contributed by atoms with Gasteiger partial charge in [0.25, 0.3) is 5.91 Å². The number of aromatic nitrogens is 2. The number of ether oxygens (including phenoxy) is 1. The molecule has 158 valence electrons. The summed E-state index contributed by atoms with van der Waals surface area (Å²) < 4.78 is 11.1. The molecular weight excluding hydrogens is 394 g/mol. The van der Waals surface area contributed by atoms with Crippen LogP contribution < -0.4 is 10.1 Å². The van der Waals surface area contributed by atoms with Crippen LogP contribution in [-0.2, 0) is 4.79 Å². The Kier molecular flexibility index (Phi) is 7.46. The van der Waals surface area contributed by atoms with Crippen LogP contribution in [0.15, 0.2) is 34.9 Å². The van der Waals surface area contributed by atoms with Crippen LogP contribution >= 0.6 is 12.4 Å². The molecule has 1 unspecified atom stereocenters. The van der Waals surface area contributed by atoms with Gasteiger partial charge in [-0.05, 0) is 32.0 Å². The molecule has 3 heterocycles. The van der Waals surface area contributed by atoms with Crippen LogP contribution in [0.1, 0.15) is 36.5 Å². The molecule has 2 aliphatic heterocycles. The van der Waals surface area contributed by atoms with Crippen molar-refractivity contribution in [3.8, 4) is 5.75 Å². The first-order chi connectivity index (χ1) is 13.7. The summed E-state index contributed by atoms with van der Waals surface area (Å²) in [7, 11) is 2.09. The number of likely N-dealkylation sites (tertiary alicyclic amines) is 1. The molecule has 2 saturated heterocycles. The number of piperidine rings is 1. The molecule has 0 saturated carbocycles. The Morgan fingerprint density at radius 1 is 1.24 bits per heavy atom. The van der Waals surface area contributed by atoms with Gasteiger partial charge in [-0.3, -0.25) is 9.69 Å². The van der Waals surface area contributed by atoms with E-state index in [0.29, 0.717) is 24.7 Å². The van der Waals surface area contributed by atoms with Crippen molar-refractivity contribution in [3.05, 3.63) is 42.0 Å². The highest BCUT2D eigenvalue weighted by Crippen LogP contribution is 2.28. The molecule has 4 rings (SSSR count). The fraction of sp³-hybridized carbons (Fsp3) is 0.550. The molecule has 29 heavy (non-hydrogen) atoms. The van der Waals surface area contributed by atoms with Gasteiger partial charge in [0.1, 0.15) is 5.75 Å². The number of carbonyl (C=O) groups is 1. The number of amides is 1. The van der Waals surface area contributed by atoms with Gasteiger partial charge in [-0.25, -0.2) is 0 Å². The molecule has 0 aliphatic carbocycles. The van der Waals surface area contributed by atoms with Gasteiger partial charge in [-0.2, -0.15) is 4.98 Å². The average Bonchev–Trinajstić information content (AvgIpc) is 3.23. The van der Waals surface area contributed by atoms with Gasteiger partial charge in [0, 0.05) is 38.6 Å². The predicted molar refractivity (Wildman–Crippen MR) is 110 cm³/mol. The van der Waals surface area contributed by atoms with Crippen molar-refractivity contribution in [2.75, 3.05) is 46.4 Å². The van der Waals surface area contributed by atoms with Crippen molar-refractivity contribution < 1.29 is 14.1 Å². The molecule has 2 aromatic rings. The number of piperazine rings is 1. The van der Waals surface area contributed by atoms with Crippen molar-refractivity contribution in [1.29, 1.82) is 0 Å². The molecule has 2 aliphatic rings. The number of nitrogens with one attached hydrogen (secondary N) is 1. The number of benzene rings is 1. The number of carbonyl (C=O) groups excluding carboxylic acids is 1. The second-order valence-corrected chi connectivity index (χ2v) is 7.45. The van der Waals surface area contributed by atoms with Crippen LogP contribution in [0, 0.1) is 0 Å². The first-order valence-corrected chi connectivity index (χ1v) is 9.91. The lowest BCUT2D eigenvalue weighted by Gasteiger charge is -2.31. The summed E-state index contributed by atoms with van der Waals surface area (Å²) in [5.74, 6) is 2.39. The molecule has 0 radical (unpaired) electrons.